The maximum atomic E-state index is 4.54. The summed E-state index contributed by atoms with van der Waals surface area (Å²) in [6.07, 6.45) is 1.75. The highest BCUT2D eigenvalue weighted by Gasteiger charge is 2.04. The van der Waals surface area contributed by atoms with Gasteiger partial charge in [-0.05, 0) is 68.8 Å². The Kier molecular flexibility index (Phi) is 5.69. The molecule has 0 saturated heterocycles. The predicted octanol–water partition coefficient (Wildman–Crippen LogP) is 5.12. The van der Waals surface area contributed by atoms with E-state index in [1.54, 1.807) is 6.20 Å². The molecule has 1 aromatic heterocycles. The molecule has 2 aromatic carbocycles. The zero-order chi connectivity index (χ0) is 18.4. The van der Waals surface area contributed by atoms with Gasteiger partial charge in [-0.3, -0.25) is 0 Å². The summed E-state index contributed by atoms with van der Waals surface area (Å²) in [7, 11) is 0. The lowest BCUT2D eigenvalue weighted by Crippen LogP contribution is -2.21. The van der Waals surface area contributed by atoms with E-state index >= 15 is 0 Å². The summed E-state index contributed by atoms with van der Waals surface area (Å²) in [5.74, 6) is 1.33. The number of anilines is 5. The third-order valence-corrected chi connectivity index (χ3v) is 4.20. The molecule has 1 heterocycles. The third kappa shape index (κ3) is 4.51. The Morgan fingerprint density at radius 2 is 1.65 bits per heavy atom. The zero-order valence-corrected chi connectivity index (χ0v) is 15.5. The summed E-state index contributed by atoms with van der Waals surface area (Å²) < 4.78 is 0. The molecule has 0 fully saturated rings. The van der Waals surface area contributed by atoms with Gasteiger partial charge in [-0.1, -0.05) is 12.1 Å². The SMILES string of the molecule is CCN(CC)c1ccc(Nc2ccnc(Nc3cccc(C)c3)n2)cc1. The molecule has 0 saturated carbocycles. The Hall–Kier alpha value is -3.08. The average Bonchev–Trinajstić information content (AvgIpc) is 2.64. The van der Waals surface area contributed by atoms with Crippen molar-refractivity contribution in [2.45, 2.75) is 20.8 Å². The lowest BCUT2D eigenvalue weighted by Gasteiger charge is -2.21. The molecule has 5 heteroatoms. The molecule has 0 atom stereocenters. The molecule has 2 N–H and O–H groups in total. The van der Waals surface area contributed by atoms with Gasteiger partial charge in [0.25, 0.3) is 0 Å². The molecule has 0 spiro atoms. The topological polar surface area (TPSA) is 53.1 Å². The van der Waals surface area contributed by atoms with Crippen molar-refractivity contribution in [1.29, 1.82) is 0 Å². The summed E-state index contributed by atoms with van der Waals surface area (Å²) in [5.41, 5.74) is 4.40. The first-order valence-electron chi connectivity index (χ1n) is 8.96. The van der Waals surface area contributed by atoms with Crippen LogP contribution >= 0.6 is 0 Å². The molecule has 3 rings (SSSR count). The van der Waals surface area contributed by atoms with Crippen LogP contribution < -0.4 is 15.5 Å². The first kappa shape index (κ1) is 17.7. The number of nitrogens with one attached hydrogen (secondary N) is 2. The van der Waals surface area contributed by atoms with Crippen LogP contribution in [-0.2, 0) is 0 Å². The maximum Gasteiger partial charge on any atom is 0.229 e. The maximum absolute atomic E-state index is 4.54. The molecule has 0 unspecified atom stereocenters. The molecule has 134 valence electrons. The van der Waals surface area contributed by atoms with Gasteiger partial charge in [-0.2, -0.15) is 4.98 Å². The van der Waals surface area contributed by atoms with E-state index in [4.69, 9.17) is 0 Å². The van der Waals surface area contributed by atoms with Crippen LogP contribution in [-0.4, -0.2) is 23.1 Å². The minimum atomic E-state index is 0.570. The molecular weight excluding hydrogens is 322 g/mol. The minimum absolute atomic E-state index is 0.570. The lowest BCUT2D eigenvalue weighted by molar-refractivity contribution is 0.866. The number of aromatic nitrogens is 2. The van der Waals surface area contributed by atoms with E-state index in [1.807, 2.05) is 18.2 Å². The van der Waals surface area contributed by atoms with Gasteiger partial charge in [0.1, 0.15) is 5.82 Å². The van der Waals surface area contributed by atoms with Crippen molar-refractivity contribution in [3.63, 3.8) is 0 Å². The van der Waals surface area contributed by atoms with Crippen LogP contribution in [0.2, 0.25) is 0 Å². The number of nitrogens with zero attached hydrogens (tertiary/aromatic N) is 3. The highest BCUT2D eigenvalue weighted by Crippen LogP contribution is 2.21. The number of rotatable bonds is 7. The zero-order valence-electron chi connectivity index (χ0n) is 15.5. The third-order valence-electron chi connectivity index (χ3n) is 4.20. The summed E-state index contributed by atoms with van der Waals surface area (Å²) >= 11 is 0. The quantitative estimate of drug-likeness (QED) is 0.621. The van der Waals surface area contributed by atoms with Gasteiger partial charge >= 0.3 is 0 Å². The van der Waals surface area contributed by atoms with E-state index < -0.39 is 0 Å². The normalized spacial score (nSPS) is 10.4. The van der Waals surface area contributed by atoms with Crippen molar-refractivity contribution in [2.24, 2.45) is 0 Å². The van der Waals surface area contributed by atoms with Crippen molar-refractivity contribution in [2.75, 3.05) is 28.6 Å². The Bertz CT molecular complexity index is 841. The molecule has 0 aliphatic carbocycles. The van der Waals surface area contributed by atoms with Crippen LogP contribution in [0.5, 0.6) is 0 Å². The van der Waals surface area contributed by atoms with Crippen LogP contribution in [0.4, 0.5) is 28.8 Å². The first-order chi connectivity index (χ1) is 12.7. The van der Waals surface area contributed by atoms with Crippen molar-refractivity contribution < 1.29 is 0 Å². The Balaban J connectivity index is 1.70. The van der Waals surface area contributed by atoms with E-state index in [0.717, 1.165) is 30.3 Å². The molecule has 5 nitrogen and oxygen atoms in total. The standard InChI is InChI=1S/C21H25N5/c1-4-26(5-2)19-11-9-17(10-12-19)23-20-13-14-22-21(25-20)24-18-8-6-7-16(3)15-18/h6-15H,4-5H2,1-3H3,(H2,22,23,24,25). The molecular formula is C21H25N5. The number of benzene rings is 2. The molecule has 3 aromatic rings. The summed E-state index contributed by atoms with van der Waals surface area (Å²) in [6.45, 7) is 8.40. The lowest BCUT2D eigenvalue weighted by atomic mass is 10.2. The van der Waals surface area contributed by atoms with Crippen molar-refractivity contribution >= 4 is 28.8 Å². The molecule has 0 aliphatic rings. The monoisotopic (exact) mass is 347 g/mol. The van der Waals surface area contributed by atoms with Crippen LogP contribution in [0.3, 0.4) is 0 Å². The van der Waals surface area contributed by atoms with Gasteiger partial charge < -0.3 is 15.5 Å². The Morgan fingerprint density at radius 3 is 2.35 bits per heavy atom. The van der Waals surface area contributed by atoms with Crippen molar-refractivity contribution in [3.8, 4) is 0 Å². The molecule has 0 aliphatic heterocycles. The van der Waals surface area contributed by atoms with Crippen molar-refractivity contribution in [1.82, 2.24) is 9.97 Å². The van der Waals surface area contributed by atoms with E-state index in [9.17, 15) is 0 Å². The molecule has 0 radical (unpaired) electrons. The summed E-state index contributed by atoms with van der Waals surface area (Å²) in [5, 5.41) is 6.58. The summed E-state index contributed by atoms with van der Waals surface area (Å²) in [4.78, 5) is 11.2. The van der Waals surface area contributed by atoms with Gasteiger partial charge in [0, 0.05) is 36.3 Å². The van der Waals surface area contributed by atoms with Gasteiger partial charge in [0.15, 0.2) is 0 Å². The fourth-order valence-corrected chi connectivity index (χ4v) is 2.83. The molecule has 0 bridgehead atoms. The Morgan fingerprint density at radius 1 is 0.885 bits per heavy atom. The highest BCUT2D eigenvalue weighted by molar-refractivity contribution is 5.62. The number of hydrogen-bond acceptors (Lipinski definition) is 5. The van der Waals surface area contributed by atoms with Gasteiger partial charge in [0.05, 0.1) is 0 Å². The fraction of sp³-hybridized carbons (Fsp3) is 0.238. The van der Waals surface area contributed by atoms with E-state index in [2.05, 4.69) is 82.7 Å². The molecule has 26 heavy (non-hydrogen) atoms. The van der Waals surface area contributed by atoms with Crippen LogP contribution in [0.25, 0.3) is 0 Å². The molecule has 0 amide bonds. The first-order valence-corrected chi connectivity index (χ1v) is 8.96. The number of aryl methyl sites for hydroxylation is 1. The second-order valence-electron chi connectivity index (χ2n) is 6.10. The van der Waals surface area contributed by atoms with E-state index in [0.29, 0.717) is 5.95 Å². The van der Waals surface area contributed by atoms with E-state index in [-0.39, 0.29) is 0 Å². The predicted molar refractivity (Wildman–Crippen MR) is 110 cm³/mol. The average molecular weight is 347 g/mol. The van der Waals surface area contributed by atoms with Crippen LogP contribution in [0.15, 0.2) is 60.8 Å². The van der Waals surface area contributed by atoms with Crippen LogP contribution in [0.1, 0.15) is 19.4 Å². The van der Waals surface area contributed by atoms with Gasteiger partial charge in [-0.25, -0.2) is 4.98 Å². The van der Waals surface area contributed by atoms with Gasteiger partial charge in [-0.15, -0.1) is 0 Å². The van der Waals surface area contributed by atoms with Gasteiger partial charge in [0.2, 0.25) is 5.95 Å². The van der Waals surface area contributed by atoms with Crippen molar-refractivity contribution in [3.05, 3.63) is 66.4 Å². The summed E-state index contributed by atoms with van der Waals surface area (Å²) in [6, 6.07) is 18.4. The second kappa shape index (κ2) is 8.34. The van der Waals surface area contributed by atoms with Crippen LogP contribution in [0, 0.1) is 6.92 Å². The highest BCUT2D eigenvalue weighted by atomic mass is 15.1. The van der Waals surface area contributed by atoms with E-state index in [1.165, 1.54) is 11.3 Å². The Labute approximate surface area is 155 Å². The second-order valence-corrected chi connectivity index (χ2v) is 6.10. The minimum Gasteiger partial charge on any atom is -0.372 e. The fourth-order valence-electron chi connectivity index (χ4n) is 2.83. The largest absolute Gasteiger partial charge is 0.372 e. The number of hydrogen-bond donors (Lipinski definition) is 2. The smallest absolute Gasteiger partial charge is 0.229 e.